The monoisotopic (exact) mass is 296 g/mol. The molecule has 0 bridgehead atoms. The van der Waals surface area contributed by atoms with Crippen LogP contribution >= 0.6 is 0 Å². The number of benzene rings is 1. The van der Waals surface area contributed by atoms with Crippen LogP contribution in [-0.2, 0) is 12.8 Å². The standard InChI is InChI=1S/C17H20N4O/c1-3-15-11(2)17-19-13(10-16(22)21(17)20-15)9-14(18)12-7-5-4-6-8-12/h4-8,10,14,20H,3,9,18H2,1-2H3. The highest BCUT2D eigenvalue weighted by atomic mass is 16.1. The van der Waals surface area contributed by atoms with Gasteiger partial charge in [0, 0.05) is 29.8 Å². The Labute approximate surface area is 128 Å². The molecule has 0 spiro atoms. The largest absolute Gasteiger partial charge is 0.324 e. The van der Waals surface area contributed by atoms with Gasteiger partial charge in [-0.05, 0) is 18.9 Å². The minimum atomic E-state index is -0.166. The Balaban J connectivity index is 1.98. The van der Waals surface area contributed by atoms with Crippen LogP contribution in [0.1, 0.15) is 35.5 Å². The van der Waals surface area contributed by atoms with Gasteiger partial charge in [-0.15, -0.1) is 0 Å². The lowest BCUT2D eigenvalue weighted by Gasteiger charge is -2.11. The average molecular weight is 296 g/mol. The Hall–Kier alpha value is -2.40. The van der Waals surface area contributed by atoms with Gasteiger partial charge in [-0.25, -0.2) is 9.50 Å². The van der Waals surface area contributed by atoms with E-state index in [1.54, 1.807) is 6.07 Å². The topological polar surface area (TPSA) is 76.2 Å². The van der Waals surface area contributed by atoms with Crippen LogP contribution < -0.4 is 11.3 Å². The summed E-state index contributed by atoms with van der Waals surface area (Å²) in [6, 6.07) is 11.3. The first-order chi connectivity index (χ1) is 10.6. The highest BCUT2D eigenvalue weighted by Gasteiger charge is 2.13. The maximum Gasteiger partial charge on any atom is 0.272 e. The number of aromatic amines is 1. The molecule has 2 heterocycles. The third-order valence-corrected chi connectivity index (χ3v) is 4.02. The fourth-order valence-electron chi connectivity index (χ4n) is 2.74. The molecule has 0 amide bonds. The number of H-pyrrole nitrogens is 1. The Kier molecular flexibility index (Phi) is 3.81. The molecule has 5 nitrogen and oxygen atoms in total. The minimum absolute atomic E-state index is 0.0944. The van der Waals surface area contributed by atoms with Gasteiger partial charge in [0.15, 0.2) is 5.65 Å². The highest BCUT2D eigenvalue weighted by Crippen LogP contribution is 2.16. The number of nitrogens with zero attached hydrogens (tertiary/aromatic N) is 2. The molecular weight excluding hydrogens is 276 g/mol. The Bertz CT molecular complexity index is 848. The van der Waals surface area contributed by atoms with Crippen LogP contribution in [0.25, 0.3) is 5.65 Å². The highest BCUT2D eigenvalue weighted by molar-refractivity contribution is 5.49. The Morgan fingerprint density at radius 2 is 2.05 bits per heavy atom. The number of aryl methyl sites for hydroxylation is 2. The normalized spacial score (nSPS) is 12.7. The summed E-state index contributed by atoms with van der Waals surface area (Å²) >= 11 is 0. The fourth-order valence-corrected chi connectivity index (χ4v) is 2.74. The first-order valence-corrected chi connectivity index (χ1v) is 7.50. The molecule has 0 saturated heterocycles. The van der Waals surface area contributed by atoms with Gasteiger partial charge in [0.1, 0.15) is 0 Å². The van der Waals surface area contributed by atoms with Crippen molar-refractivity contribution in [2.24, 2.45) is 5.73 Å². The van der Waals surface area contributed by atoms with Crippen molar-refractivity contribution in [3.63, 3.8) is 0 Å². The van der Waals surface area contributed by atoms with Gasteiger partial charge in [0.25, 0.3) is 5.56 Å². The number of fused-ring (bicyclic) bond motifs is 1. The van der Waals surface area contributed by atoms with E-state index < -0.39 is 0 Å². The van der Waals surface area contributed by atoms with Crippen molar-refractivity contribution in [2.45, 2.75) is 32.7 Å². The molecule has 3 aromatic rings. The number of hydrogen-bond donors (Lipinski definition) is 2. The second-order valence-electron chi connectivity index (χ2n) is 5.53. The van der Waals surface area contributed by atoms with E-state index in [1.165, 1.54) is 4.52 Å². The van der Waals surface area contributed by atoms with Gasteiger partial charge < -0.3 is 5.73 Å². The van der Waals surface area contributed by atoms with Gasteiger partial charge >= 0.3 is 0 Å². The van der Waals surface area contributed by atoms with E-state index in [0.717, 1.165) is 28.9 Å². The summed E-state index contributed by atoms with van der Waals surface area (Å²) in [7, 11) is 0. The summed E-state index contributed by atoms with van der Waals surface area (Å²) in [5.41, 5.74) is 10.7. The number of hydrogen-bond acceptors (Lipinski definition) is 3. The Morgan fingerprint density at radius 3 is 2.73 bits per heavy atom. The summed E-state index contributed by atoms with van der Waals surface area (Å²) in [5.74, 6) is 0. The molecule has 0 radical (unpaired) electrons. The zero-order chi connectivity index (χ0) is 15.7. The molecule has 3 N–H and O–H groups in total. The van der Waals surface area contributed by atoms with Gasteiger partial charge in [0.05, 0.1) is 5.69 Å². The van der Waals surface area contributed by atoms with Crippen molar-refractivity contribution in [3.05, 3.63) is 69.3 Å². The lowest BCUT2D eigenvalue weighted by atomic mass is 10.0. The van der Waals surface area contributed by atoms with Crippen LogP contribution in [0, 0.1) is 6.92 Å². The molecule has 3 rings (SSSR count). The third-order valence-electron chi connectivity index (χ3n) is 4.02. The summed E-state index contributed by atoms with van der Waals surface area (Å²) in [6.45, 7) is 4.03. The molecule has 0 aliphatic rings. The summed E-state index contributed by atoms with van der Waals surface area (Å²) < 4.78 is 1.51. The molecule has 0 saturated carbocycles. The fraction of sp³-hybridized carbons (Fsp3) is 0.294. The molecule has 1 atom stereocenters. The molecule has 1 aromatic carbocycles. The van der Waals surface area contributed by atoms with E-state index >= 15 is 0 Å². The van der Waals surface area contributed by atoms with Gasteiger partial charge in [-0.2, -0.15) is 0 Å². The van der Waals surface area contributed by atoms with Crippen LogP contribution in [0.3, 0.4) is 0 Å². The quantitative estimate of drug-likeness (QED) is 0.774. The Morgan fingerprint density at radius 1 is 1.32 bits per heavy atom. The second kappa shape index (κ2) is 5.77. The molecular formula is C17H20N4O. The van der Waals surface area contributed by atoms with Crippen molar-refractivity contribution < 1.29 is 0 Å². The van der Waals surface area contributed by atoms with Gasteiger partial charge in [-0.1, -0.05) is 37.3 Å². The SMILES string of the molecule is CCc1[nH]n2c(=O)cc(CC(N)c3ccccc3)nc2c1C. The first kappa shape index (κ1) is 14.5. The molecule has 0 aliphatic heterocycles. The first-order valence-electron chi connectivity index (χ1n) is 7.50. The van der Waals surface area contributed by atoms with Crippen molar-refractivity contribution in [2.75, 3.05) is 0 Å². The van der Waals surface area contributed by atoms with Crippen molar-refractivity contribution in [1.82, 2.24) is 14.6 Å². The molecule has 2 aromatic heterocycles. The van der Waals surface area contributed by atoms with E-state index in [4.69, 9.17) is 5.73 Å². The van der Waals surface area contributed by atoms with E-state index in [2.05, 4.69) is 17.0 Å². The molecule has 0 aliphatic carbocycles. The average Bonchev–Trinajstić information content (AvgIpc) is 2.85. The van der Waals surface area contributed by atoms with Crippen LogP contribution in [0.5, 0.6) is 0 Å². The molecule has 1 unspecified atom stereocenters. The van der Waals surface area contributed by atoms with Gasteiger partial charge in [0.2, 0.25) is 0 Å². The molecule has 0 fully saturated rings. The van der Waals surface area contributed by atoms with Crippen LogP contribution in [-0.4, -0.2) is 14.6 Å². The number of aromatic nitrogens is 3. The number of nitrogens with two attached hydrogens (primary N) is 1. The van der Waals surface area contributed by atoms with E-state index in [9.17, 15) is 4.79 Å². The lowest BCUT2D eigenvalue weighted by Crippen LogP contribution is -2.19. The summed E-state index contributed by atoms with van der Waals surface area (Å²) in [4.78, 5) is 16.9. The van der Waals surface area contributed by atoms with Crippen molar-refractivity contribution in [3.8, 4) is 0 Å². The number of nitrogens with one attached hydrogen (secondary N) is 1. The lowest BCUT2D eigenvalue weighted by molar-refractivity contribution is 0.702. The van der Waals surface area contributed by atoms with Crippen LogP contribution in [0.2, 0.25) is 0 Å². The molecule has 22 heavy (non-hydrogen) atoms. The van der Waals surface area contributed by atoms with Gasteiger partial charge in [-0.3, -0.25) is 9.89 Å². The van der Waals surface area contributed by atoms with Crippen molar-refractivity contribution in [1.29, 1.82) is 0 Å². The van der Waals surface area contributed by atoms with Crippen LogP contribution in [0.15, 0.2) is 41.2 Å². The third kappa shape index (κ3) is 2.55. The predicted octanol–water partition coefficient (Wildman–Crippen LogP) is 2.14. The maximum atomic E-state index is 12.2. The summed E-state index contributed by atoms with van der Waals surface area (Å²) in [6.07, 6.45) is 1.38. The van der Waals surface area contributed by atoms with Crippen molar-refractivity contribution >= 4 is 5.65 Å². The zero-order valence-corrected chi connectivity index (χ0v) is 12.8. The minimum Gasteiger partial charge on any atom is -0.324 e. The summed E-state index contributed by atoms with van der Waals surface area (Å²) in [5, 5.41) is 3.10. The molecule has 5 heteroatoms. The predicted molar refractivity (Wildman–Crippen MR) is 87.0 cm³/mol. The van der Waals surface area contributed by atoms with E-state index in [0.29, 0.717) is 12.1 Å². The maximum absolute atomic E-state index is 12.2. The smallest absolute Gasteiger partial charge is 0.272 e. The molecule has 114 valence electrons. The van der Waals surface area contributed by atoms with Crippen LogP contribution in [0.4, 0.5) is 0 Å². The zero-order valence-electron chi connectivity index (χ0n) is 12.8. The number of rotatable bonds is 4. The second-order valence-corrected chi connectivity index (χ2v) is 5.53. The van der Waals surface area contributed by atoms with E-state index in [-0.39, 0.29) is 11.6 Å². The van der Waals surface area contributed by atoms with E-state index in [1.807, 2.05) is 37.3 Å².